The van der Waals surface area contributed by atoms with E-state index in [1.165, 1.54) is 0 Å². The number of allylic oxidation sites excluding steroid dienone is 1. The van der Waals surface area contributed by atoms with Gasteiger partial charge in [0.2, 0.25) is 0 Å². The normalized spacial score (nSPS) is 10.8. The van der Waals surface area contributed by atoms with Crippen molar-refractivity contribution in [2.24, 2.45) is 0 Å². The molecule has 3 nitrogen and oxygen atoms in total. The molecular weight excluding hydrogens is 397 g/mol. The van der Waals surface area contributed by atoms with Gasteiger partial charge in [-0.2, -0.15) is 0 Å². The first-order valence-electron chi connectivity index (χ1n) is 7.46. The highest BCUT2D eigenvalue weighted by molar-refractivity contribution is 7.98. The molecule has 25 heavy (non-hydrogen) atoms. The van der Waals surface area contributed by atoms with Crippen LogP contribution in [-0.4, -0.2) is 14.8 Å². The lowest BCUT2D eigenvalue weighted by molar-refractivity contribution is 0.731. The van der Waals surface area contributed by atoms with Crippen LogP contribution < -0.4 is 0 Å². The Morgan fingerprint density at radius 3 is 2.52 bits per heavy atom. The molecule has 0 N–H and O–H groups in total. The summed E-state index contributed by atoms with van der Waals surface area (Å²) >= 11 is 19.9. The Labute approximate surface area is 165 Å². The van der Waals surface area contributed by atoms with Crippen LogP contribution in [0.4, 0.5) is 0 Å². The summed E-state index contributed by atoms with van der Waals surface area (Å²) in [6.07, 6.45) is 1.81. The quantitative estimate of drug-likeness (QED) is 0.349. The standard InChI is InChI=1S/C18H14Cl3N3S/c1-2-9-24-17(13-5-3-4-6-14(13)19)22-23-18(24)25-11-12-7-8-15(20)16(21)10-12/h2-8,10H,1,9,11H2. The van der Waals surface area contributed by atoms with Crippen molar-refractivity contribution in [3.8, 4) is 11.4 Å². The van der Waals surface area contributed by atoms with Crippen molar-refractivity contribution < 1.29 is 0 Å². The second-order valence-corrected chi connectivity index (χ2v) is 7.39. The Balaban J connectivity index is 1.88. The lowest BCUT2D eigenvalue weighted by Gasteiger charge is -2.09. The van der Waals surface area contributed by atoms with Crippen molar-refractivity contribution in [3.63, 3.8) is 0 Å². The first-order valence-corrected chi connectivity index (χ1v) is 9.58. The Morgan fingerprint density at radius 2 is 1.80 bits per heavy atom. The molecule has 0 aliphatic carbocycles. The molecule has 2 aromatic carbocycles. The van der Waals surface area contributed by atoms with Crippen LogP contribution in [0.5, 0.6) is 0 Å². The van der Waals surface area contributed by atoms with E-state index in [1.807, 2.05) is 47.0 Å². The average Bonchev–Trinajstić information content (AvgIpc) is 2.99. The largest absolute Gasteiger partial charge is 0.298 e. The second kappa shape index (κ2) is 8.28. The second-order valence-electron chi connectivity index (χ2n) is 5.22. The summed E-state index contributed by atoms with van der Waals surface area (Å²) in [6.45, 7) is 4.42. The maximum Gasteiger partial charge on any atom is 0.192 e. The molecule has 0 atom stereocenters. The zero-order chi connectivity index (χ0) is 17.8. The van der Waals surface area contributed by atoms with Gasteiger partial charge in [0.05, 0.1) is 15.1 Å². The van der Waals surface area contributed by atoms with Gasteiger partial charge >= 0.3 is 0 Å². The maximum absolute atomic E-state index is 6.30. The van der Waals surface area contributed by atoms with Crippen molar-refractivity contribution in [1.82, 2.24) is 14.8 Å². The molecule has 7 heteroatoms. The van der Waals surface area contributed by atoms with Gasteiger partial charge in [0.15, 0.2) is 11.0 Å². The van der Waals surface area contributed by atoms with Gasteiger partial charge in [-0.15, -0.1) is 16.8 Å². The predicted octanol–water partition coefficient (Wildman–Crippen LogP) is 6.38. The molecule has 0 saturated heterocycles. The molecule has 128 valence electrons. The molecule has 0 amide bonds. The molecule has 0 unspecified atom stereocenters. The van der Waals surface area contributed by atoms with Crippen LogP contribution in [0.3, 0.4) is 0 Å². The van der Waals surface area contributed by atoms with E-state index < -0.39 is 0 Å². The summed E-state index contributed by atoms with van der Waals surface area (Å²) in [6, 6.07) is 13.2. The summed E-state index contributed by atoms with van der Waals surface area (Å²) in [5, 5.41) is 11.2. The van der Waals surface area contributed by atoms with E-state index in [2.05, 4.69) is 16.8 Å². The van der Waals surface area contributed by atoms with Crippen molar-refractivity contribution >= 4 is 46.6 Å². The van der Waals surface area contributed by atoms with E-state index in [4.69, 9.17) is 34.8 Å². The molecule has 0 fully saturated rings. The van der Waals surface area contributed by atoms with Crippen LogP contribution in [0.15, 0.2) is 60.3 Å². The third-order valence-corrected chi connectivity index (χ3v) is 5.60. The van der Waals surface area contributed by atoms with Crippen molar-refractivity contribution in [1.29, 1.82) is 0 Å². The van der Waals surface area contributed by atoms with Gasteiger partial charge in [0.1, 0.15) is 0 Å². The zero-order valence-electron chi connectivity index (χ0n) is 13.1. The molecule has 0 spiro atoms. The van der Waals surface area contributed by atoms with E-state index in [9.17, 15) is 0 Å². The fourth-order valence-electron chi connectivity index (χ4n) is 2.31. The molecule has 0 bridgehead atoms. The minimum absolute atomic E-state index is 0.545. The van der Waals surface area contributed by atoms with Crippen LogP contribution in [-0.2, 0) is 12.3 Å². The number of nitrogens with zero attached hydrogens (tertiary/aromatic N) is 3. The van der Waals surface area contributed by atoms with Gasteiger partial charge < -0.3 is 0 Å². The summed E-state index contributed by atoms with van der Waals surface area (Å²) < 4.78 is 2.00. The highest BCUT2D eigenvalue weighted by atomic mass is 35.5. The third kappa shape index (κ3) is 4.21. The Hall–Kier alpha value is -1.46. The van der Waals surface area contributed by atoms with Crippen molar-refractivity contribution in [2.75, 3.05) is 0 Å². The van der Waals surface area contributed by atoms with E-state index in [0.717, 1.165) is 22.1 Å². The highest BCUT2D eigenvalue weighted by Crippen LogP contribution is 2.31. The fourth-order valence-corrected chi connectivity index (χ4v) is 3.74. The molecular formula is C18H14Cl3N3S. The average molecular weight is 411 g/mol. The minimum atomic E-state index is 0.545. The smallest absolute Gasteiger partial charge is 0.192 e. The topological polar surface area (TPSA) is 30.7 Å². The number of thioether (sulfide) groups is 1. The van der Waals surface area contributed by atoms with Crippen LogP contribution in [0.2, 0.25) is 15.1 Å². The molecule has 0 saturated carbocycles. The molecule has 0 radical (unpaired) electrons. The Bertz CT molecular complexity index is 908. The van der Waals surface area contributed by atoms with Crippen molar-refractivity contribution in [2.45, 2.75) is 17.5 Å². The first kappa shape index (κ1) is 18.3. The monoisotopic (exact) mass is 409 g/mol. The molecule has 0 aliphatic rings. The first-order chi connectivity index (χ1) is 12.1. The van der Waals surface area contributed by atoms with Crippen LogP contribution in [0.25, 0.3) is 11.4 Å². The minimum Gasteiger partial charge on any atom is -0.298 e. The zero-order valence-corrected chi connectivity index (χ0v) is 16.2. The van der Waals surface area contributed by atoms with Crippen LogP contribution >= 0.6 is 46.6 Å². The molecule has 1 aromatic heterocycles. The Morgan fingerprint density at radius 1 is 1.00 bits per heavy atom. The predicted molar refractivity (Wildman–Crippen MR) is 107 cm³/mol. The lowest BCUT2D eigenvalue weighted by Crippen LogP contribution is -2.01. The SMILES string of the molecule is C=CCn1c(SCc2ccc(Cl)c(Cl)c2)nnc1-c1ccccc1Cl. The molecule has 3 rings (SSSR count). The van der Waals surface area contributed by atoms with Gasteiger partial charge in [0, 0.05) is 17.9 Å². The van der Waals surface area contributed by atoms with E-state index in [-0.39, 0.29) is 0 Å². The van der Waals surface area contributed by atoms with E-state index in [1.54, 1.807) is 17.8 Å². The molecule has 1 heterocycles. The number of benzene rings is 2. The highest BCUT2D eigenvalue weighted by Gasteiger charge is 2.15. The summed E-state index contributed by atoms with van der Waals surface area (Å²) in [5.74, 6) is 1.43. The molecule has 0 aliphatic heterocycles. The third-order valence-electron chi connectivity index (χ3n) is 3.50. The maximum atomic E-state index is 6.30. The lowest BCUT2D eigenvalue weighted by atomic mass is 10.2. The molecule has 3 aromatic rings. The van der Waals surface area contributed by atoms with E-state index >= 15 is 0 Å². The number of halogens is 3. The summed E-state index contributed by atoms with van der Waals surface area (Å²) in [5.41, 5.74) is 1.91. The summed E-state index contributed by atoms with van der Waals surface area (Å²) in [7, 11) is 0. The van der Waals surface area contributed by atoms with Gasteiger partial charge in [-0.3, -0.25) is 4.57 Å². The van der Waals surface area contributed by atoms with Gasteiger partial charge in [0.25, 0.3) is 0 Å². The number of hydrogen-bond donors (Lipinski definition) is 0. The van der Waals surface area contributed by atoms with Gasteiger partial charge in [-0.05, 0) is 29.8 Å². The van der Waals surface area contributed by atoms with E-state index in [0.29, 0.717) is 27.4 Å². The Kier molecular flexibility index (Phi) is 6.07. The van der Waals surface area contributed by atoms with Gasteiger partial charge in [-0.25, -0.2) is 0 Å². The van der Waals surface area contributed by atoms with Crippen LogP contribution in [0.1, 0.15) is 5.56 Å². The number of aromatic nitrogens is 3. The number of hydrogen-bond acceptors (Lipinski definition) is 3. The van der Waals surface area contributed by atoms with Crippen LogP contribution in [0, 0.1) is 0 Å². The summed E-state index contributed by atoms with van der Waals surface area (Å²) in [4.78, 5) is 0. The van der Waals surface area contributed by atoms with Crippen molar-refractivity contribution in [3.05, 3.63) is 75.8 Å². The fraction of sp³-hybridized carbons (Fsp3) is 0.111. The number of rotatable bonds is 6. The van der Waals surface area contributed by atoms with Gasteiger partial charge in [-0.1, -0.05) is 70.8 Å².